The van der Waals surface area contributed by atoms with Gasteiger partial charge in [0.15, 0.2) is 0 Å². The van der Waals surface area contributed by atoms with E-state index in [9.17, 15) is 13.6 Å². The topological polar surface area (TPSA) is 29.1 Å². The molecule has 0 aliphatic rings. The van der Waals surface area contributed by atoms with Crippen molar-refractivity contribution in [1.29, 1.82) is 0 Å². The van der Waals surface area contributed by atoms with Gasteiger partial charge in [-0.1, -0.05) is 49.0 Å². The molecule has 0 saturated carbocycles. The Hall–Kier alpha value is -1.88. The smallest absolute Gasteiger partial charge is 0.288 e. The largest absolute Gasteiger partial charge is 0.326 e. The van der Waals surface area contributed by atoms with Crippen LogP contribution >= 0.6 is 11.8 Å². The quantitative estimate of drug-likeness (QED) is 0.747. The number of hydrogen-bond donors (Lipinski definition) is 1. The lowest BCUT2D eigenvalue weighted by atomic mass is 9.95. The van der Waals surface area contributed by atoms with Crippen LogP contribution in [0.5, 0.6) is 0 Å². The molecule has 0 fully saturated rings. The highest BCUT2D eigenvalue weighted by Gasteiger charge is 2.18. The molecule has 0 saturated heterocycles. The Morgan fingerprint density at radius 3 is 2.27 bits per heavy atom. The molecule has 116 valence electrons. The second-order valence-electron chi connectivity index (χ2n) is 4.76. The lowest BCUT2D eigenvalue weighted by Crippen LogP contribution is -2.20. The number of rotatable bonds is 6. The first-order valence-electron chi connectivity index (χ1n) is 7.01. The summed E-state index contributed by atoms with van der Waals surface area (Å²) < 4.78 is 24.5. The maximum absolute atomic E-state index is 12.4. The number of amides is 1. The molecule has 0 bridgehead atoms. The van der Waals surface area contributed by atoms with Gasteiger partial charge in [-0.25, -0.2) is 0 Å². The van der Waals surface area contributed by atoms with Gasteiger partial charge in [-0.05, 0) is 36.2 Å². The van der Waals surface area contributed by atoms with Gasteiger partial charge in [-0.3, -0.25) is 4.79 Å². The number of halogens is 2. The maximum atomic E-state index is 12.4. The molecule has 1 amide bonds. The van der Waals surface area contributed by atoms with Crippen LogP contribution < -0.4 is 5.32 Å². The number of hydrogen-bond acceptors (Lipinski definition) is 2. The molecule has 0 aromatic heterocycles. The van der Waals surface area contributed by atoms with Crippen molar-refractivity contribution in [3.63, 3.8) is 0 Å². The van der Waals surface area contributed by atoms with Gasteiger partial charge >= 0.3 is 0 Å². The molecule has 0 heterocycles. The Morgan fingerprint density at radius 1 is 1.09 bits per heavy atom. The minimum atomic E-state index is -2.44. The molecule has 1 atom stereocenters. The fraction of sp³-hybridized carbons (Fsp3) is 0.235. The molecule has 5 heteroatoms. The third-order valence-corrected chi connectivity index (χ3v) is 4.00. The number of carbonyl (C=O) groups excluding carboxylic acids is 1. The fourth-order valence-electron chi connectivity index (χ4n) is 2.21. The van der Waals surface area contributed by atoms with Crippen molar-refractivity contribution >= 4 is 23.4 Å². The van der Waals surface area contributed by atoms with Crippen LogP contribution in [-0.4, -0.2) is 11.7 Å². The van der Waals surface area contributed by atoms with Gasteiger partial charge in [0.25, 0.3) is 5.76 Å². The zero-order valence-corrected chi connectivity index (χ0v) is 12.9. The lowest BCUT2D eigenvalue weighted by Gasteiger charge is -2.15. The number of carbonyl (C=O) groups is 1. The highest BCUT2D eigenvalue weighted by Crippen LogP contribution is 2.27. The van der Waals surface area contributed by atoms with Crippen molar-refractivity contribution in [3.05, 3.63) is 60.2 Å². The van der Waals surface area contributed by atoms with Crippen LogP contribution in [0.3, 0.4) is 0 Å². The van der Waals surface area contributed by atoms with Crippen LogP contribution in [0.4, 0.5) is 14.5 Å². The summed E-state index contributed by atoms with van der Waals surface area (Å²) in [6.07, 6.45) is 0.690. The van der Waals surface area contributed by atoms with E-state index in [0.717, 1.165) is 5.56 Å². The van der Waals surface area contributed by atoms with Crippen molar-refractivity contribution in [2.75, 3.05) is 5.32 Å². The van der Waals surface area contributed by atoms with E-state index in [1.165, 1.54) is 0 Å². The first kappa shape index (κ1) is 16.5. The van der Waals surface area contributed by atoms with Crippen molar-refractivity contribution < 1.29 is 13.6 Å². The van der Waals surface area contributed by atoms with Gasteiger partial charge < -0.3 is 5.32 Å². The molecule has 1 unspecified atom stereocenters. The van der Waals surface area contributed by atoms with Crippen molar-refractivity contribution in [2.45, 2.75) is 29.9 Å². The molecule has 0 aliphatic carbocycles. The van der Waals surface area contributed by atoms with E-state index < -0.39 is 5.76 Å². The zero-order chi connectivity index (χ0) is 15.9. The molecule has 22 heavy (non-hydrogen) atoms. The summed E-state index contributed by atoms with van der Waals surface area (Å²) in [7, 11) is 0. The molecule has 0 aliphatic heterocycles. The second kappa shape index (κ2) is 7.94. The summed E-state index contributed by atoms with van der Waals surface area (Å²) in [5.41, 5.74) is 1.57. The normalized spacial score (nSPS) is 12.2. The van der Waals surface area contributed by atoms with E-state index in [-0.39, 0.29) is 11.8 Å². The maximum Gasteiger partial charge on any atom is 0.288 e. The molecule has 2 nitrogen and oxygen atoms in total. The van der Waals surface area contributed by atoms with Crippen LogP contribution in [0.2, 0.25) is 0 Å². The summed E-state index contributed by atoms with van der Waals surface area (Å²) >= 11 is 0.488. The lowest BCUT2D eigenvalue weighted by molar-refractivity contribution is -0.117. The van der Waals surface area contributed by atoms with Gasteiger partial charge in [0.2, 0.25) is 5.91 Å². The van der Waals surface area contributed by atoms with Gasteiger partial charge in [-0.15, -0.1) is 0 Å². The van der Waals surface area contributed by atoms with Crippen LogP contribution in [-0.2, 0) is 4.79 Å². The summed E-state index contributed by atoms with van der Waals surface area (Å²) in [5.74, 6) is -2.76. The molecule has 0 spiro atoms. The number of nitrogens with one attached hydrogen (secondary N) is 1. The number of benzene rings is 2. The number of thioether (sulfide) groups is 1. The first-order chi connectivity index (χ1) is 10.6. The van der Waals surface area contributed by atoms with E-state index in [2.05, 4.69) is 5.32 Å². The highest BCUT2D eigenvalue weighted by molar-refractivity contribution is 7.99. The summed E-state index contributed by atoms with van der Waals surface area (Å²) in [6.45, 7) is 1.96. The molecular weight excluding hydrogens is 304 g/mol. The van der Waals surface area contributed by atoms with Gasteiger partial charge in [0.05, 0.1) is 5.92 Å². The van der Waals surface area contributed by atoms with Crippen LogP contribution in [0.25, 0.3) is 0 Å². The second-order valence-corrected chi connectivity index (χ2v) is 5.83. The average molecular weight is 321 g/mol. The van der Waals surface area contributed by atoms with Crippen LogP contribution in [0, 0.1) is 0 Å². The molecule has 2 aromatic carbocycles. The Kier molecular flexibility index (Phi) is 5.95. The third-order valence-electron chi connectivity index (χ3n) is 3.27. The Balaban J connectivity index is 2.04. The molecule has 2 rings (SSSR count). The van der Waals surface area contributed by atoms with E-state index in [1.54, 1.807) is 24.3 Å². The first-order valence-corrected chi connectivity index (χ1v) is 7.88. The van der Waals surface area contributed by atoms with Crippen molar-refractivity contribution in [1.82, 2.24) is 0 Å². The minimum Gasteiger partial charge on any atom is -0.326 e. The standard InChI is InChI=1S/C17H17F2NOS/c1-2-15(12-6-4-3-5-7-12)16(21)20-13-8-10-14(11-9-13)22-17(18)19/h3-11,15,17H,2H2,1H3,(H,20,21). The Labute approximate surface area is 132 Å². The van der Waals surface area contributed by atoms with Gasteiger partial charge in [-0.2, -0.15) is 8.78 Å². The van der Waals surface area contributed by atoms with Crippen LogP contribution in [0.15, 0.2) is 59.5 Å². The predicted octanol–water partition coefficient (Wildman–Crippen LogP) is 5.13. The van der Waals surface area contributed by atoms with E-state index >= 15 is 0 Å². The summed E-state index contributed by atoms with van der Waals surface area (Å²) in [5, 5.41) is 2.84. The SMILES string of the molecule is CCC(C(=O)Nc1ccc(SC(F)F)cc1)c1ccccc1. The molecule has 2 aromatic rings. The highest BCUT2D eigenvalue weighted by atomic mass is 32.2. The van der Waals surface area contributed by atoms with E-state index in [4.69, 9.17) is 0 Å². The monoisotopic (exact) mass is 321 g/mol. The molecule has 0 radical (unpaired) electrons. The number of alkyl halides is 2. The summed E-state index contributed by atoms with van der Waals surface area (Å²) in [6, 6.07) is 16.0. The van der Waals surface area contributed by atoms with Gasteiger partial charge in [0.1, 0.15) is 0 Å². The average Bonchev–Trinajstić information content (AvgIpc) is 2.50. The molecular formula is C17H17F2NOS. The third kappa shape index (κ3) is 4.56. The molecule has 1 N–H and O–H groups in total. The summed E-state index contributed by atoms with van der Waals surface area (Å²) in [4.78, 5) is 12.8. The van der Waals surface area contributed by atoms with Crippen molar-refractivity contribution in [2.24, 2.45) is 0 Å². The Morgan fingerprint density at radius 2 is 1.73 bits per heavy atom. The van der Waals surface area contributed by atoms with E-state index in [0.29, 0.717) is 28.8 Å². The fourth-order valence-corrected chi connectivity index (χ4v) is 2.71. The predicted molar refractivity (Wildman–Crippen MR) is 86.4 cm³/mol. The zero-order valence-electron chi connectivity index (χ0n) is 12.1. The van der Waals surface area contributed by atoms with Crippen LogP contribution in [0.1, 0.15) is 24.8 Å². The van der Waals surface area contributed by atoms with E-state index in [1.807, 2.05) is 37.3 Å². The number of anilines is 1. The van der Waals surface area contributed by atoms with Gasteiger partial charge in [0, 0.05) is 10.6 Å². The Bertz CT molecular complexity index is 602. The minimum absolute atomic E-state index is 0.0945. The van der Waals surface area contributed by atoms with Crippen molar-refractivity contribution in [3.8, 4) is 0 Å².